The van der Waals surface area contributed by atoms with E-state index in [0.29, 0.717) is 24.3 Å². The van der Waals surface area contributed by atoms with Crippen LogP contribution in [-0.4, -0.2) is 69.6 Å². The molecule has 3 N–H and O–H groups in total. The highest BCUT2D eigenvalue weighted by atomic mass is 16.6. The molecular formula is C35H53NO11. The Kier molecular flexibility index (Phi) is 17.7. The second-order valence-corrected chi connectivity index (χ2v) is 13.6. The van der Waals surface area contributed by atoms with Crippen LogP contribution in [0.25, 0.3) is 0 Å². The predicted molar refractivity (Wildman–Crippen MR) is 174 cm³/mol. The number of aliphatic carboxylic acids is 2. The molecule has 12 heteroatoms. The molecule has 264 valence electrons. The molecule has 0 aliphatic carbocycles. The van der Waals surface area contributed by atoms with Crippen LogP contribution in [0, 0.1) is 5.92 Å². The van der Waals surface area contributed by atoms with E-state index in [1.54, 1.807) is 45.0 Å². The maximum absolute atomic E-state index is 13.0. The van der Waals surface area contributed by atoms with Gasteiger partial charge in [-0.05, 0) is 91.5 Å². The van der Waals surface area contributed by atoms with Crippen LogP contribution in [0.5, 0.6) is 5.75 Å². The Morgan fingerprint density at radius 1 is 0.702 bits per heavy atom. The van der Waals surface area contributed by atoms with Crippen molar-refractivity contribution in [3.05, 3.63) is 29.8 Å². The first-order chi connectivity index (χ1) is 21.9. The average molecular weight is 664 g/mol. The van der Waals surface area contributed by atoms with Gasteiger partial charge in [0.15, 0.2) is 0 Å². The SMILES string of the molecule is CC(C)(C)OC(=O)c1ccc(OCCCCCCCCCC(=O)C(CCC(=O)NC(CCC(=O)O)C(=O)O)C(=O)OC(C)(C)C)cc1. The Morgan fingerprint density at radius 2 is 1.26 bits per heavy atom. The van der Waals surface area contributed by atoms with Crippen molar-refractivity contribution in [3.8, 4) is 5.75 Å². The van der Waals surface area contributed by atoms with E-state index < -0.39 is 53.4 Å². The van der Waals surface area contributed by atoms with E-state index in [1.807, 2.05) is 20.8 Å². The van der Waals surface area contributed by atoms with E-state index in [4.69, 9.17) is 19.3 Å². The summed E-state index contributed by atoms with van der Waals surface area (Å²) in [6.45, 7) is 11.0. The number of carboxylic acids is 2. The molecule has 1 aromatic carbocycles. The Bertz CT molecular complexity index is 1180. The average Bonchev–Trinajstić information content (AvgIpc) is 2.94. The fourth-order valence-electron chi connectivity index (χ4n) is 4.52. The zero-order valence-corrected chi connectivity index (χ0v) is 28.7. The molecule has 0 spiro atoms. The van der Waals surface area contributed by atoms with Crippen LogP contribution >= 0.6 is 0 Å². The van der Waals surface area contributed by atoms with E-state index in [-0.39, 0.29) is 37.4 Å². The smallest absolute Gasteiger partial charge is 0.338 e. The number of amides is 1. The number of hydrogen-bond donors (Lipinski definition) is 3. The molecular weight excluding hydrogens is 610 g/mol. The molecule has 0 saturated heterocycles. The van der Waals surface area contributed by atoms with Crippen molar-refractivity contribution >= 4 is 35.6 Å². The summed E-state index contributed by atoms with van der Waals surface area (Å²) in [7, 11) is 0. The summed E-state index contributed by atoms with van der Waals surface area (Å²) in [4.78, 5) is 72.5. The highest BCUT2D eigenvalue weighted by molar-refractivity contribution is 5.99. The van der Waals surface area contributed by atoms with Gasteiger partial charge in [-0.15, -0.1) is 0 Å². The van der Waals surface area contributed by atoms with Gasteiger partial charge < -0.3 is 29.7 Å². The Balaban J connectivity index is 2.39. The van der Waals surface area contributed by atoms with Crippen molar-refractivity contribution in [2.45, 2.75) is 136 Å². The minimum atomic E-state index is -1.38. The number of Topliss-reactive ketones (excluding diaryl/α,β-unsaturated/α-hetero) is 1. The van der Waals surface area contributed by atoms with E-state index in [0.717, 1.165) is 38.5 Å². The Morgan fingerprint density at radius 3 is 1.79 bits per heavy atom. The third kappa shape index (κ3) is 19.3. The van der Waals surface area contributed by atoms with Crippen LogP contribution < -0.4 is 10.1 Å². The zero-order valence-electron chi connectivity index (χ0n) is 28.7. The molecule has 0 aliphatic rings. The minimum Gasteiger partial charge on any atom is -0.494 e. The van der Waals surface area contributed by atoms with E-state index in [2.05, 4.69) is 5.32 Å². The van der Waals surface area contributed by atoms with Gasteiger partial charge in [0.05, 0.1) is 12.2 Å². The molecule has 0 heterocycles. The van der Waals surface area contributed by atoms with Crippen LogP contribution in [0.15, 0.2) is 24.3 Å². The molecule has 0 saturated carbocycles. The van der Waals surface area contributed by atoms with Gasteiger partial charge in [-0.3, -0.25) is 19.2 Å². The standard InChI is InChI=1S/C35H53NO11/c1-34(2,3)46-32(43)24-15-17-25(18-16-24)45-23-13-11-9-7-8-10-12-14-28(37)26(33(44)47-35(4,5)6)19-21-29(38)36-27(31(41)42)20-22-30(39)40/h15-18,26-27H,7-14,19-23H2,1-6H3,(H,36,38)(H,39,40)(H,41,42). The van der Waals surface area contributed by atoms with Gasteiger partial charge in [0, 0.05) is 19.3 Å². The topological polar surface area (TPSA) is 183 Å². The van der Waals surface area contributed by atoms with E-state index in [1.165, 1.54) is 0 Å². The Labute approximate surface area is 277 Å². The second-order valence-electron chi connectivity index (χ2n) is 13.6. The van der Waals surface area contributed by atoms with Gasteiger partial charge in [-0.1, -0.05) is 32.1 Å². The van der Waals surface area contributed by atoms with Gasteiger partial charge in [0.1, 0.15) is 34.7 Å². The number of esters is 2. The highest BCUT2D eigenvalue weighted by Gasteiger charge is 2.31. The number of carbonyl (C=O) groups is 6. The number of carbonyl (C=O) groups excluding carboxylic acids is 4. The van der Waals surface area contributed by atoms with Crippen LogP contribution in [0.4, 0.5) is 0 Å². The first-order valence-electron chi connectivity index (χ1n) is 16.3. The number of rotatable bonds is 22. The van der Waals surface area contributed by atoms with E-state index in [9.17, 15) is 33.9 Å². The number of ketones is 1. The molecule has 0 radical (unpaired) electrons. The van der Waals surface area contributed by atoms with Crippen LogP contribution in [0.2, 0.25) is 0 Å². The van der Waals surface area contributed by atoms with Crippen molar-refractivity contribution in [1.82, 2.24) is 5.32 Å². The molecule has 0 aromatic heterocycles. The molecule has 12 nitrogen and oxygen atoms in total. The lowest BCUT2D eigenvalue weighted by Gasteiger charge is -2.23. The lowest BCUT2D eigenvalue weighted by atomic mass is 9.93. The Hall–Kier alpha value is -3.96. The summed E-state index contributed by atoms with van der Waals surface area (Å²) >= 11 is 0. The van der Waals surface area contributed by atoms with Gasteiger partial charge in [-0.25, -0.2) is 9.59 Å². The summed E-state index contributed by atoms with van der Waals surface area (Å²) in [5, 5.41) is 20.3. The van der Waals surface area contributed by atoms with Crippen LogP contribution in [0.3, 0.4) is 0 Å². The fraction of sp³-hybridized carbons (Fsp3) is 0.657. The summed E-state index contributed by atoms with van der Waals surface area (Å²) < 4.78 is 16.5. The van der Waals surface area contributed by atoms with Crippen molar-refractivity contribution in [3.63, 3.8) is 0 Å². The number of ether oxygens (including phenoxy) is 3. The highest BCUT2D eigenvalue weighted by Crippen LogP contribution is 2.20. The van der Waals surface area contributed by atoms with Crippen molar-refractivity contribution in [1.29, 1.82) is 0 Å². The number of benzene rings is 1. The normalized spacial score (nSPS) is 12.8. The lowest BCUT2D eigenvalue weighted by Crippen LogP contribution is -2.41. The third-order valence-corrected chi connectivity index (χ3v) is 6.85. The van der Waals surface area contributed by atoms with Crippen LogP contribution in [-0.2, 0) is 33.4 Å². The molecule has 1 rings (SSSR count). The summed E-state index contributed by atoms with van der Waals surface area (Å²) in [6.07, 6.45) is 5.19. The van der Waals surface area contributed by atoms with Crippen molar-refractivity contribution in [2.24, 2.45) is 5.92 Å². The molecule has 1 amide bonds. The van der Waals surface area contributed by atoms with Crippen molar-refractivity contribution in [2.75, 3.05) is 6.61 Å². The van der Waals surface area contributed by atoms with Crippen LogP contribution in [0.1, 0.15) is 129 Å². The van der Waals surface area contributed by atoms with Gasteiger partial charge in [0.25, 0.3) is 0 Å². The van der Waals surface area contributed by atoms with Crippen molar-refractivity contribution < 1.29 is 53.2 Å². The van der Waals surface area contributed by atoms with Gasteiger partial charge >= 0.3 is 23.9 Å². The molecule has 2 atom stereocenters. The predicted octanol–water partition coefficient (Wildman–Crippen LogP) is 5.88. The second kappa shape index (κ2) is 20.3. The molecule has 2 unspecified atom stereocenters. The first kappa shape index (κ1) is 41.1. The third-order valence-electron chi connectivity index (χ3n) is 6.85. The number of nitrogens with one attached hydrogen (secondary N) is 1. The van der Waals surface area contributed by atoms with Gasteiger partial charge in [0.2, 0.25) is 5.91 Å². The number of carboxylic acid groups (broad SMARTS) is 2. The minimum absolute atomic E-state index is 0.138. The summed E-state index contributed by atoms with van der Waals surface area (Å²) in [6, 6.07) is 5.49. The quantitative estimate of drug-likeness (QED) is 0.0765. The zero-order chi connectivity index (χ0) is 35.6. The molecule has 0 aliphatic heterocycles. The van der Waals surface area contributed by atoms with E-state index >= 15 is 0 Å². The lowest BCUT2D eigenvalue weighted by molar-refractivity contribution is -0.162. The molecule has 0 fully saturated rings. The monoisotopic (exact) mass is 663 g/mol. The molecule has 1 aromatic rings. The first-order valence-corrected chi connectivity index (χ1v) is 16.3. The summed E-state index contributed by atoms with van der Waals surface area (Å²) in [5.74, 6) is -5.14. The van der Waals surface area contributed by atoms with Gasteiger partial charge in [-0.2, -0.15) is 0 Å². The maximum Gasteiger partial charge on any atom is 0.338 e. The number of hydrogen-bond acceptors (Lipinski definition) is 9. The molecule has 0 bridgehead atoms. The number of unbranched alkanes of at least 4 members (excludes halogenated alkanes) is 6. The largest absolute Gasteiger partial charge is 0.494 e. The summed E-state index contributed by atoms with van der Waals surface area (Å²) in [5.41, 5.74) is -0.916. The maximum atomic E-state index is 13.0. The molecule has 47 heavy (non-hydrogen) atoms. The fourth-order valence-corrected chi connectivity index (χ4v) is 4.52.